The van der Waals surface area contributed by atoms with Gasteiger partial charge in [0, 0.05) is 45.7 Å². The number of halogens is 4. The zero-order valence-electron chi connectivity index (χ0n) is 19.2. The van der Waals surface area contributed by atoms with Gasteiger partial charge in [-0.1, -0.05) is 84.2 Å². The highest BCUT2D eigenvalue weighted by Gasteiger charge is 2.32. The molecule has 0 radical (unpaired) electrons. The molecule has 184 valence electrons. The molecule has 0 aromatic heterocycles. The number of rotatable bonds is 10. The molecule has 0 saturated heterocycles. The fourth-order valence-electron chi connectivity index (χ4n) is 3.73. The molecule has 0 bridgehead atoms. The van der Waals surface area contributed by atoms with Crippen molar-refractivity contribution in [3.05, 3.63) is 104 Å². The maximum atomic E-state index is 14.5. The standard InChI is InChI=1S/C27H26Cl3FN2O2/c1-2-14-32-27(35)25(15-18-8-4-3-5-9-18)33(17-20-22(29)10-6-11-23(20)30)26(34)16-19-21(28)12-7-13-24(19)31/h3-13,25H,2,14-17H2,1H3,(H,32,35)/t25-/m1/s1. The second kappa shape index (κ2) is 12.9. The monoisotopic (exact) mass is 534 g/mol. The number of carbonyl (C=O) groups is 2. The van der Waals surface area contributed by atoms with E-state index in [1.165, 1.54) is 23.1 Å². The van der Waals surface area contributed by atoms with E-state index in [9.17, 15) is 14.0 Å². The van der Waals surface area contributed by atoms with Crippen molar-refractivity contribution in [2.75, 3.05) is 6.54 Å². The topological polar surface area (TPSA) is 49.4 Å². The van der Waals surface area contributed by atoms with Crippen LogP contribution in [0.2, 0.25) is 15.1 Å². The number of hydrogen-bond acceptors (Lipinski definition) is 2. The number of amides is 2. The van der Waals surface area contributed by atoms with Gasteiger partial charge in [0.2, 0.25) is 11.8 Å². The summed E-state index contributed by atoms with van der Waals surface area (Å²) in [6, 6.07) is 17.8. The maximum Gasteiger partial charge on any atom is 0.243 e. The van der Waals surface area contributed by atoms with Crippen LogP contribution in [0.25, 0.3) is 0 Å². The third-order valence-corrected chi connectivity index (χ3v) is 6.66. The fourth-order valence-corrected chi connectivity index (χ4v) is 4.47. The third kappa shape index (κ3) is 7.20. The van der Waals surface area contributed by atoms with Crippen molar-refractivity contribution in [3.8, 4) is 0 Å². The lowest BCUT2D eigenvalue weighted by Crippen LogP contribution is -2.51. The van der Waals surface area contributed by atoms with Gasteiger partial charge in [0.05, 0.1) is 6.42 Å². The van der Waals surface area contributed by atoms with E-state index < -0.39 is 17.8 Å². The van der Waals surface area contributed by atoms with Crippen LogP contribution in [0.15, 0.2) is 66.7 Å². The van der Waals surface area contributed by atoms with Crippen molar-refractivity contribution in [1.82, 2.24) is 10.2 Å². The largest absolute Gasteiger partial charge is 0.354 e. The molecule has 3 aromatic carbocycles. The van der Waals surface area contributed by atoms with Gasteiger partial charge < -0.3 is 10.2 Å². The Kier molecular flexibility index (Phi) is 9.96. The second-order valence-corrected chi connectivity index (χ2v) is 9.32. The summed E-state index contributed by atoms with van der Waals surface area (Å²) in [5.41, 5.74) is 1.45. The molecule has 8 heteroatoms. The van der Waals surface area contributed by atoms with Crippen LogP contribution >= 0.6 is 34.8 Å². The van der Waals surface area contributed by atoms with Gasteiger partial charge in [0.15, 0.2) is 0 Å². The van der Waals surface area contributed by atoms with Crippen LogP contribution in [0.3, 0.4) is 0 Å². The maximum absolute atomic E-state index is 14.5. The van der Waals surface area contributed by atoms with Crippen LogP contribution in [-0.4, -0.2) is 29.3 Å². The molecule has 35 heavy (non-hydrogen) atoms. The average Bonchev–Trinajstić information content (AvgIpc) is 2.84. The zero-order chi connectivity index (χ0) is 25.4. The molecule has 0 aliphatic rings. The molecule has 0 heterocycles. The first-order chi connectivity index (χ1) is 16.8. The van der Waals surface area contributed by atoms with Crippen molar-refractivity contribution in [2.24, 2.45) is 0 Å². The highest BCUT2D eigenvalue weighted by molar-refractivity contribution is 6.36. The molecule has 0 aliphatic heterocycles. The van der Waals surface area contributed by atoms with Gasteiger partial charge in [-0.3, -0.25) is 9.59 Å². The lowest BCUT2D eigenvalue weighted by molar-refractivity contribution is -0.140. The summed E-state index contributed by atoms with van der Waals surface area (Å²) in [5, 5.41) is 3.77. The van der Waals surface area contributed by atoms with E-state index in [0.29, 0.717) is 22.2 Å². The number of nitrogens with zero attached hydrogens (tertiary/aromatic N) is 1. The first-order valence-electron chi connectivity index (χ1n) is 11.3. The second-order valence-electron chi connectivity index (χ2n) is 8.10. The van der Waals surface area contributed by atoms with E-state index in [4.69, 9.17) is 34.8 Å². The summed E-state index contributed by atoms with van der Waals surface area (Å²) >= 11 is 19.0. The van der Waals surface area contributed by atoms with E-state index in [1.54, 1.807) is 18.2 Å². The van der Waals surface area contributed by atoms with E-state index in [-0.39, 0.29) is 35.9 Å². The number of benzene rings is 3. The molecular formula is C27H26Cl3FN2O2. The Bertz CT molecular complexity index is 1130. The van der Waals surface area contributed by atoms with E-state index in [1.807, 2.05) is 37.3 Å². The van der Waals surface area contributed by atoms with E-state index >= 15 is 0 Å². The van der Waals surface area contributed by atoms with Gasteiger partial charge in [-0.2, -0.15) is 0 Å². The van der Waals surface area contributed by atoms with Crippen LogP contribution in [-0.2, 0) is 29.0 Å². The van der Waals surface area contributed by atoms with Crippen LogP contribution < -0.4 is 5.32 Å². The molecular weight excluding hydrogens is 510 g/mol. The number of nitrogens with one attached hydrogen (secondary N) is 1. The minimum absolute atomic E-state index is 0.0273. The Morgan fingerprint density at radius 1 is 0.886 bits per heavy atom. The van der Waals surface area contributed by atoms with Gasteiger partial charge in [0.1, 0.15) is 11.9 Å². The van der Waals surface area contributed by atoms with E-state index in [2.05, 4.69) is 5.32 Å². The molecule has 3 aromatic rings. The Hall–Kier alpha value is -2.60. The lowest BCUT2D eigenvalue weighted by Gasteiger charge is -2.32. The highest BCUT2D eigenvalue weighted by atomic mass is 35.5. The molecule has 3 rings (SSSR count). The first kappa shape index (κ1) is 27.0. The molecule has 0 unspecified atom stereocenters. The Morgan fingerprint density at radius 3 is 2.09 bits per heavy atom. The molecule has 1 N–H and O–H groups in total. The summed E-state index contributed by atoms with van der Waals surface area (Å²) in [4.78, 5) is 28.4. The van der Waals surface area contributed by atoms with Crippen molar-refractivity contribution in [2.45, 2.75) is 38.8 Å². The predicted octanol–water partition coefficient (Wildman–Crippen LogP) is 6.49. The normalized spacial score (nSPS) is 11.7. The summed E-state index contributed by atoms with van der Waals surface area (Å²) in [5.74, 6) is -1.37. The van der Waals surface area contributed by atoms with Crippen LogP contribution in [0, 0.1) is 5.82 Å². The van der Waals surface area contributed by atoms with Gasteiger partial charge in [-0.25, -0.2) is 4.39 Å². The van der Waals surface area contributed by atoms with Gasteiger partial charge in [0.25, 0.3) is 0 Å². The van der Waals surface area contributed by atoms with E-state index in [0.717, 1.165) is 12.0 Å². The fraction of sp³-hybridized carbons (Fsp3) is 0.259. The summed E-state index contributed by atoms with van der Waals surface area (Å²) in [7, 11) is 0. The minimum atomic E-state index is -0.880. The summed E-state index contributed by atoms with van der Waals surface area (Å²) in [6.45, 7) is 2.37. The lowest BCUT2D eigenvalue weighted by atomic mass is 10.0. The van der Waals surface area contributed by atoms with Gasteiger partial charge in [-0.15, -0.1) is 0 Å². The predicted molar refractivity (Wildman–Crippen MR) is 139 cm³/mol. The zero-order valence-corrected chi connectivity index (χ0v) is 21.5. The summed E-state index contributed by atoms with van der Waals surface area (Å²) in [6.07, 6.45) is 0.675. The molecule has 0 saturated carbocycles. The van der Waals surface area contributed by atoms with Crippen molar-refractivity contribution < 1.29 is 14.0 Å². The number of hydrogen-bond donors (Lipinski definition) is 1. The Morgan fingerprint density at radius 2 is 1.49 bits per heavy atom. The molecule has 1 atom stereocenters. The Balaban J connectivity index is 2.04. The van der Waals surface area contributed by atoms with Crippen molar-refractivity contribution >= 4 is 46.6 Å². The smallest absolute Gasteiger partial charge is 0.243 e. The van der Waals surface area contributed by atoms with Crippen LogP contribution in [0.1, 0.15) is 30.0 Å². The third-order valence-electron chi connectivity index (χ3n) is 5.60. The molecule has 2 amide bonds. The molecule has 4 nitrogen and oxygen atoms in total. The van der Waals surface area contributed by atoms with Gasteiger partial charge >= 0.3 is 0 Å². The SMILES string of the molecule is CCCNC(=O)[C@@H](Cc1ccccc1)N(Cc1c(Cl)cccc1Cl)C(=O)Cc1c(F)cccc1Cl. The number of carbonyl (C=O) groups excluding carboxylic acids is 2. The summed E-state index contributed by atoms with van der Waals surface area (Å²) < 4.78 is 14.5. The van der Waals surface area contributed by atoms with Crippen molar-refractivity contribution in [1.29, 1.82) is 0 Å². The Labute approximate surface area is 220 Å². The molecule has 0 fully saturated rings. The van der Waals surface area contributed by atoms with Gasteiger partial charge in [-0.05, 0) is 36.2 Å². The van der Waals surface area contributed by atoms with Crippen LogP contribution in [0.4, 0.5) is 4.39 Å². The average molecular weight is 536 g/mol. The van der Waals surface area contributed by atoms with Crippen molar-refractivity contribution in [3.63, 3.8) is 0 Å². The highest BCUT2D eigenvalue weighted by Crippen LogP contribution is 2.28. The first-order valence-corrected chi connectivity index (χ1v) is 12.4. The quantitative estimate of drug-likeness (QED) is 0.322. The minimum Gasteiger partial charge on any atom is -0.354 e. The molecule has 0 aliphatic carbocycles. The van der Waals surface area contributed by atoms with Crippen LogP contribution in [0.5, 0.6) is 0 Å². The molecule has 0 spiro atoms.